The number of amides is 1. The lowest BCUT2D eigenvalue weighted by Gasteiger charge is -2.17. The second-order valence-electron chi connectivity index (χ2n) is 4.19. The molecule has 7 heteroatoms. The van der Waals surface area contributed by atoms with Crippen molar-refractivity contribution in [3.05, 3.63) is 0 Å². The van der Waals surface area contributed by atoms with E-state index < -0.39 is 9.84 Å². The minimum Gasteiger partial charge on any atom is -0.351 e. The first-order valence-corrected chi connectivity index (χ1v) is 7.13. The lowest BCUT2D eigenvalue weighted by atomic mass is 10.2. The van der Waals surface area contributed by atoms with E-state index in [2.05, 4.69) is 5.32 Å². The van der Waals surface area contributed by atoms with Crippen LogP contribution in [0.25, 0.3) is 0 Å². The molecule has 1 unspecified atom stereocenters. The second kappa shape index (κ2) is 5.60. The fourth-order valence-corrected chi connectivity index (χ4v) is 3.40. The van der Waals surface area contributed by atoms with Gasteiger partial charge in [0.2, 0.25) is 5.91 Å². The molecule has 0 bridgehead atoms. The van der Waals surface area contributed by atoms with Crippen LogP contribution in [0.4, 0.5) is 0 Å². The molecule has 0 aromatic carbocycles. The van der Waals surface area contributed by atoms with Crippen LogP contribution in [0.3, 0.4) is 0 Å². The number of hydrogen-bond donors (Lipinski definition) is 2. The van der Waals surface area contributed by atoms with Gasteiger partial charge in [-0.2, -0.15) is 0 Å². The van der Waals surface area contributed by atoms with E-state index in [-0.39, 0.29) is 30.0 Å². The summed E-state index contributed by atoms with van der Waals surface area (Å²) in [5, 5.41) is 2.72. The monoisotopic (exact) mass is 249 g/mol. The normalized spacial score (nSPS) is 23.6. The molecule has 1 saturated heterocycles. The third-order valence-corrected chi connectivity index (χ3v) is 4.29. The zero-order chi connectivity index (χ0) is 12.2. The van der Waals surface area contributed by atoms with E-state index in [4.69, 9.17) is 5.73 Å². The van der Waals surface area contributed by atoms with E-state index in [0.717, 1.165) is 0 Å². The predicted molar refractivity (Wildman–Crippen MR) is 61.8 cm³/mol. The maximum atomic E-state index is 11.5. The first-order chi connectivity index (χ1) is 7.43. The molecule has 0 aromatic heterocycles. The minimum absolute atomic E-state index is 0.0688. The summed E-state index contributed by atoms with van der Waals surface area (Å²) in [6, 6.07) is -0.219. The van der Waals surface area contributed by atoms with Crippen molar-refractivity contribution in [3.8, 4) is 0 Å². The van der Waals surface area contributed by atoms with Gasteiger partial charge in [-0.15, -0.1) is 0 Å². The van der Waals surface area contributed by atoms with Crippen molar-refractivity contribution >= 4 is 15.7 Å². The standard InChI is InChI=1S/C9H19N3O3S/c1-12(4-3-10)6-9(13)11-8-2-5-16(14,15)7-8/h8H,2-7,10H2,1H3,(H,11,13). The molecule has 1 fully saturated rings. The van der Waals surface area contributed by atoms with Gasteiger partial charge in [0, 0.05) is 19.1 Å². The summed E-state index contributed by atoms with van der Waals surface area (Å²) in [5.74, 6) is 0.105. The number of rotatable bonds is 5. The number of carbonyl (C=O) groups is 1. The van der Waals surface area contributed by atoms with Gasteiger partial charge in [-0.3, -0.25) is 9.69 Å². The highest BCUT2D eigenvalue weighted by Crippen LogP contribution is 2.10. The van der Waals surface area contributed by atoms with Crippen LogP contribution in [0.2, 0.25) is 0 Å². The molecule has 1 atom stereocenters. The SMILES string of the molecule is CN(CCN)CC(=O)NC1CCS(=O)(=O)C1. The molecule has 1 amide bonds. The van der Waals surface area contributed by atoms with Gasteiger partial charge in [-0.05, 0) is 13.5 Å². The summed E-state index contributed by atoms with van der Waals surface area (Å²) >= 11 is 0. The van der Waals surface area contributed by atoms with Crippen LogP contribution < -0.4 is 11.1 Å². The number of hydrogen-bond acceptors (Lipinski definition) is 5. The molecule has 0 saturated carbocycles. The molecule has 1 aliphatic rings. The zero-order valence-corrected chi connectivity index (χ0v) is 10.3. The van der Waals surface area contributed by atoms with Crippen molar-refractivity contribution in [3.63, 3.8) is 0 Å². The summed E-state index contributed by atoms with van der Waals surface area (Å²) in [6.07, 6.45) is 0.522. The molecule has 0 spiro atoms. The van der Waals surface area contributed by atoms with E-state index in [1.165, 1.54) is 0 Å². The van der Waals surface area contributed by atoms with Crippen molar-refractivity contribution in [2.75, 3.05) is 38.2 Å². The number of likely N-dealkylation sites (N-methyl/N-ethyl adjacent to an activating group) is 1. The lowest BCUT2D eigenvalue weighted by molar-refractivity contribution is -0.122. The predicted octanol–water partition coefficient (Wildman–Crippen LogP) is -1.82. The average molecular weight is 249 g/mol. The Bertz CT molecular complexity index is 342. The van der Waals surface area contributed by atoms with E-state index in [9.17, 15) is 13.2 Å². The summed E-state index contributed by atoms with van der Waals surface area (Å²) in [6.45, 7) is 1.41. The Hall–Kier alpha value is -0.660. The third kappa shape index (κ3) is 4.46. The fraction of sp³-hybridized carbons (Fsp3) is 0.889. The van der Waals surface area contributed by atoms with Gasteiger partial charge in [0.25, 0.3) is 0 Å². The van der Waals surface area contributed by atoms with Gasteiger partial charge in [0.15, 0.2) is 9.84 Å². The molecule has 1 heterocycles. The molecular weight excluding hydrogens is 230 g/mol. The van der Waals surface area contributed by atoms with Gasteiger partial charge in [0.1, 0.15) is 0 Å². The van der Waals surface area contributed by atoms with Gasteiger partial charge < -0.3 is 11.1 Å². The Morgan fingerprint density at radius 3 is 2.75 bits per heavy atom. The van der Waals surface area contributed by atoms with Gasteiger partial charge in [0.05, 0.1) is 18.1 Å². The highest BCUT2D eigenvalue weighted by molar-refractivity contribution is 7.91. The van der Waals surface area contributed by atoms with Crippen LogP contribution in [0, 0.1) is 0 Å². The Kier molecular flexibility index (Phi) is 4.69. The lowest BCUT2D eigenvalue weighted by Crippen LogP contribution is -2.42. The summed E-state index contributed by atoms with van der Waals surface area (Å²) in [4.78, 5) is 13.3. The fourth-order valence-electron chi connectivity index (χ4n) is 1.73. The van der Waals surface area contributed by atoms with E-state index in [1.807, 2.05) is 0 Å². The highest BCUT2D eigenvalue weighted by atomic mass is 32.2. The van der Waals surface area contributed by atoms with E-state index in [0.29, 0.717) is 19.5 Å². The van der Waals surface area contributed by atoms with Crippen LogP contribution in [0.15, 0.2) is 0 Å². The first-order valence-electron chi connectivity index (χ1n) is 5.31. The van der Waals surface area contributed by atoms with Crippen LogP contribution in [0.5, 0.6) is 0 Å². The van der Waals surface area contributed by atoms with Crippen LogP contribution >= 0.6 is 0 Å². The molecule has 1 rings (SSSR count). The van der Waals surface area contributed by atoms with Crippen LogP contribution in [-0.2, 0) is 14.6 Å². The van der Waals surface area contributed by atoms with Crippen molar-refractivity contribution in [2.45, 2.75) is 12.5 Å². The van der Waals surface area contributed by atoms with Crippen molar-refractivity contribution < 1.29 is 13.2 Å². The number of nitrogens with one attached hydrogen (secondary N) is 1. The molecule has 3 N–H and O–H groups in total. The molecule has 0 radical (unpaired) electrons. The Morgan fingerprint density at radius 1 is 1.56 bits per heavy atom. The summed E-state index contributed by atoms with van der Waals surface area (Å²) in [5.41, 5.74) is 5.35. The first kappa shape index (κ1) is 13.4. The van der Waals surface area contributed by atoms with Crippen molar-refractivity contribution in [1.82, 2.24) is 10.2 Å². The summed E-state index contributed by atoms with van der Waals surface area (Å²) in [7, 11) is -1.12. The Morgan fingerprint density at radius 2 is 2.25 bits per heavy atom. The molecule has 1 aliphatic heterocycles. The van der Waals surface area contributed by atoms with Crippen molar-refractivity contribution in [2.24, 2.45) is 5.73 Å². The molecule has 16 heavy (non-hydrogen) atoms. The van der Waals surface area contributed by atoms with Gasteiger partial charge >= 0.3 is 0 Å². The third-order valence-electron chi connectivity index (χ3n) is 2.52. The van der Waals surface area contributed by atoms with Gasteiger partial charge in [-0.25, -0.2) is 8.42 Å². The molecule has 94 valence electrons. The smallest absolute Gasteiger partial charge is 0.234 e. The maximum Gasteiger partial charge on any atom is 0.234 e. The molecule has 0 aliphatic carbocycles. The quantitative estimate of drug-likeness (QED) is 0.598. The number of nitrogens with zero attached hydrogens (tertiary/aromatic N) is 1. The Labute approximate surface area is 96.1 Å². The minimum atomic E-state index is -2.93. The summed E-state index contributed by atoms with van der Waals surface area (Å²) < 4.78 is 22.3. The molecular formula is C9H19N3O3S. The number of carbonyl (C=O) groups excluding carboxylic acids is 1. The maximum absolute atomic E-state index is 11.5. The largest absolute Gasteiger partial charge is 0.351 e. The van der Waals surface area contributed by atoms with E-state index in [1.54, 1.807) is 11.9 Å². The van der Waals surface area contributed by atoms with E-state index >= 15 is 0 Å². The second-order valence-corrected chi connectivity index (χ2v) is 6.42. The number of sulfone groups is 1. The molecule has 0 aromatic rings. The topological polar surface area (TPSA) is 92.5 Å². The van der Waals surface area contributed by atoms with Gasteiger partial charge in [-0.1, -0.05) is 0 Å². The Balaban J connectivity index is 2.30. The molecule has 6 nitrogen and oxygen atoms in total. The van der Waals surface area contributed by atoms with Crippen LogP contribution in [0.1, 0.15) is 6.42 Å². The van der Waals surface area contributed by atoms with Crippen LogP contribution in [-0.4, -0.2) is 63.5 Å². The highest BCUT2D eigenvalue weighted by Gasteiger charge is 2.28. The number of nitrogens with two attached hydrogens (primary N) is 1. The zero-order valence-electron chi connectivity index (χ0n) is 9.48. The average Bonchev–Trinajstić information content (AvgIpc) is 2.45. The van der Waals surface area contributed by atoms with Crippen molar-refractivity contribution in [1.29, 1.82) is 0 Å².